The highest BCUT2D eigenvalue weighted by atomic mass is 35.5. The molecule has 5 heteroatoms. The maximum absolute atomic E-state index is 5.93. The highest BCUT2D eigenvalue weighted by Gasteiger charge is 2.05. The number of nitrogens with two attached hydrogens (primary N) is 1. The zero-order chi connectivity index (χ0) is 12.0. The van der Waals surface area contributed by atoms with Crippen LogP contribution in [-0.2, 0) is 0 Å². The van der Waals surface area contributed by atoms with Crippen LogP contribution in [0.25, 0.3) is 0 Å². The van der Waals surface area contributed by atoms with Crippen molar-refractivity contribution in [2.45, 2.75) is 6.42 Å². The average molecular weight is 275 g/mol. The summed E-state index contributed by atoms with van der Waals surface area (Å²) in [6.45, 7) is 0.900. The number of halogens is 1. The first-order valence-electron chi connectivity index (χ1n) is 4.97. The van der Waals surface area contributed by atoms with Crippen LogP contribution in [0.4, 0.5) is 5.69 Å². The third-order valence-electron chi connectivity index (χ3n) is 2.09. The SMILES string of the molecule is CSCCCNc1cc(Cl)ccc1C(N)=S. The maximum Gasteiger partial charge on any atom is 0.106 e. The lowest BCUT2D eigenvalue weighted by Gasteiger charge is -2.11. The highest BCUT2D eigenvalue weighted by molar-refractivity contribution is 7.98. The zero-order valence-corrected chi connectivity index (χ0v) is 11.5. The monoisotopic (exact) mass is 274 g/mol. The van der Waals surface area contributed by atoms with Gasteiger partial charge in [0, 0.05) is 22.8 Å². The normalized spacial score (nSPS) is 10.1. The van der Waals surface area contributed by atoms with Crippen molar-refractivity contribution in [3.63, 3.8) is 0 Å². The summed E-state index contributed by atoms with van der Waals surface area (Å²) in [5, 5.41) is 3.99. The molecule has 0 atom stereocenters. The molecule has 0 saturated heterocycles. The van der Waals surface area contributed by atoms with Gasteiger partial charge in [-0.15, -0.1) is 0 Å². The van der Waals surface area contributed by atoms with Gasteiger partial charge in [0.25, 0.3) is 0 Å². The van der Waals surface area contributed by atoms with Gasteiger partial charge in [-0.1, -0.05) is 23.8 Å². The second kappa shape index (κ2) is 6.99. The molecular weight excluding hydrogens is 260 g/mol. The van der Waals surface area contributed by atoms with Gasteiger partial charge in [-0.3, -0.25) is 0 Å². The minimum atomic E-state index is 0.393. The van der Waals surface area contributed by atoms with E-state index in [-0.39, 0.29) is 0 Å². The van der Waals surface area contributed by atoms with Gasteiger partial charge in [0.1, 0.15) is 4.99 Å². The molecule has 3 N–H and O–H groups in total. The predicted molar refractivity (Wildman–Crippen MR) is 78.8 cm³/mol. The van der Waals surface area contributed by atoms with E-state index >= 15 is 0 Å². The van der Waals surface area contributed by atoms with Gasteiger partial charge in [0.2, 0.25) is 0 Å². The fourth-order valence-electron chi connectivity index (χ4n) is 1.32. The van der Waals surface area contributed by atoms with Crippen molar-refractivity contribution in [2.24, 2.45) is 5.73 Å². The van der Waals surface area contributed by atoms with Crippen LogP contribution in [0.2, 0.25) is 5.02 Å². The van der Waals surface area contributed by atoms with Crippen LogP contribution < -0.4 is 11.1 Å². The van der Waals surface area contributed by atoms with Gasteiger partial charge in [-0.2, -0.15) is 11.8 Å². The van der Waals surface area contributed by atoms with E-state index in [4.69, 9.17) is 29.6 Å². The van der Waals surface area contributed by atoms with Crippen molar-refractivity contribution < 1.29 is 0 Å². The van der Waals surface area contributed by atoms with Crippen molar-refractivity contribution in [2.75, 3.05) is 23.9 Å². The van der Waals surface area contributed by atoms with E-state index in [1.807, 2.05) is 23.9 Å². The first-order chi connectivity index (χ1) is 7.65. The smallest absolute Gasteiger partial charge is 0.106 e. The van der Waals surface area contributed by atoms with Crippen molar-refractivity contribution >= 4 is 46.3 Å². The summed E-state index contributed by atoms with van der Waals surface area (Å²) < 4.78 is 0. The molecule has 1 aromatic carbocycles. The lowest BCUT2D eigenvalue weighted by atomic mass is 10.1. The van der Waals surface area contributed by atoms with Crippen molar-refractivity contribution in [1.82, 2.24) is 0 Å². The molecule has 0 fully saturated rings. The van der Waals surface area contributed by atoms with Crippen LogP contribution in [0.5, 0.6) is 0 Å². The van der Waals surface area contributed by atoms with Gasteiger partial charge < -0.3 is 11.1 Å². The first-order valence-corrected chi connectivity index (χ1v) is 7.15. The molecular formula is C11H15ClN2S2. The van der Waals surface area contributed by atoms with Gasteiger partial charge in [0.05, 0.1) is 0 Å². The molecule has 0 aliphatic rings. The van der Waals surface area contributed by atoms with Crippen LogP contribution in [-0.4, -0.2) is 23.5 Å². The van der Waals surface area contributed by atoms with Gasteiger partial charge in [-0.05, 0) is 36.6 Å². The van der Waals surface area contributed by atoms with E-state index in [0.29, 0.717) is 10.0 Å². The number of hydrogen-bond acceptors (Lipinski definition) is 3. The average Bonchev–Trinajstić information content (AvgIpc) is 2.24. The second-order valence-electron chi connectivity index (χ2n) is 3.33. The predicted octanol–water partition coefficient (Wildman–Crippen LogP) is 3.14. The number of thioether (sulfide) groups is 1. The Kier molecular flexibility index (Phi) is 5.95. The van der Waals surface area contributed by atoms with Crippen LogP contribution in [0.3, 0.4) is 0 Å². The van der Waals surface area contributed by atoms with E-state index in [2.05, 4.69) is 11.6 Å². The first kappa shape index (κ1) is 13.6. The van der Waals surface area contributed by atoms with E-state index in [1.54, 1.807) is 6.07 Å². The minimum Gasteiger partial charge on any atom is -0.389 e. The van der Waals surface area contributed by atoms with Crippen molar-refractivity contribution in [3.8, 4) is 0 Å². The van der Waals surface area contributed by atoms with Crippen LogP contribution in [0.1, 0.15) is 12.0 Å². The lowest BCUT2D eigenvalue weighted by molar-refractivity contribution is 0.993. The standard InChI is InChI=1S/C11H15ClN2S2/c1-16-6-2-5-14-10-7-8(12)3-4-9(10)11(13)15/h3-4,7,14H,2,5-6H2,1H3,(H2,13,15). The summed E-state index contributed by atoms with van der Waals surface area (Å²) in [5.41, 5.74) is 7.41. The Labute approximate surface area is 111 Å². The van der Waals surface area contributed by atoms with Crippen LogP contribution in [0, 0.1) is 0 Å². The topological polar surface area (TPSA) is 38.0 Å². The number of thiocarbonyl (C=S) groups is 1. The molecule has 0 saturated carbocycles. The quantitative estimate of drug-likeness (QED) is 0.617. The van der Waals surface area contributed by atoms with E-state index < -0.39 is 0 Å². The molecule has 0 bridgehead atoms. The second-order valence-corrected chi connectivity index (χ2v) is 5.19. The summed E-state index contributed by atoms with van der Waals surface area (Å²) in [6, 6.07) is 5.50. The molecule has 0 aliphatic heterocycles. The Balaban J connectivity index is 2.68. The van der Waals surface area contributed by atoms with E-state index in [1.165, 1.54) is 0 Å². The Hall–Kier alpha value is -0.450. The fourth-order valence-corrected chi connectivity index (χ4v) is 2.10. The van der Waals surface area contributed by atoms with Crippen LogP contribution >= 0.6 is 35.6 Å². The number of hydrogen-bond donors (Lipinski definition) is 2. The molecule has 0 unspecified atom stereocenters. The van der Waals surface area contributed by atoms with E-state index in [0.717, 1.165) is 30.0 Å². The summed E-state index contributed by atoms with van der Waals surface area (Å²) in [4.78, 5) is 0.393. The fraction of sp³-hybridized carbons (Fsp3) is 0.364. The molecule has 0 spiro atoms. The van der Waals surface area contributed by atoms with Gasteiger partial charge in [0.15, 0.2) is 0 Å². The minimum absolute atomic E-state index is 0.393. The molecule has 1 aromatic rings. The maximum atomic E-state index is 5.93. The van der Waals surface area contributed by atoms with Gasteiger partial charge in [-0.25, -0.2) is 0 Å². The Morgan fingerprint density at radius 2 is 2.31 bits per heavy atom. The summed E-state index contributed by atoms with van der Waals surface area (Å²) in [6.07, 6.45) is 3.20. The summed E-state index contributed by atoms with van der Waals surface area (Å²) in [5.74, 6) is 1.13. The number of nitrogens with one attached hydrogen (secondary N) is 1. The molecule has 88 valence electrons. The molecule has 2 nitrogen and oxygen atoms in total. The molecule has 0 heterocycles. The highest BCUT2D eigenvalue weighted by Crippen LogP contribution is 2.21. The molecule has 1 rings (SSSR count). The van der Waals surface area contributed by atoms with E-state index in [9.17, 15) is 0 Å². The largest absolute Gasteiger partial charge is 0.389 e. The molecule has 0 aromatic heterocycles. The van der Waals surface area contributed by atoms with Crippen molar-refractivity contribution in [3.05, 3.63) is 28.8 Å². The Morgan fingerprint density at radius 3 is 2.94 bits per heavy atom. The Morgan fingerprint density at radius 1 is 1.56 bits per heavy atom. The molecule has 0 amide bonds. The third kappa shape index (κ3) is 4.20. The molecule has 16 heavy (non-hydrogen) atoms. The van der Waals surface area contributed by atoms with Gasteiger partial charge >= 0.3 is 0 Å². The number of benzene rings is 1. The van der Waals surface area contributed by atoms with Crippen LogP contribution in [0.15, 0.2) is 18.2 Å². The van der Waals surface area contributed by atoms with Crippen molar-refractivity contribution in [1.29, 1.82) is 0 Å². The lowest BCUT2D eigenvalue weighted by Crippen LogP contribution is -2.14. The third-order valence-corrected chi connectivity index (χ3v) is 3.24. The zero-order valence-electron chi connectivity index (χ0n) is 9.13. The summed E-state index contributed by atoms with van der Waals surface area (Å²) >= 11 is 12.8. The summed E-state index contributed by atoms with van der Waals surface area (Å²) in [7, 11) is 0. The number of rotatable bonds is 6. The molecule has 0 aliphatic carbocycles. The number of anilines is 1. The molecule has 0 radical (unpaired) electrons. The Bertz CT molecular complexity index is 369.